The Morgan fingerprint density at radius 1 is 0.449 bits per heavy atom. The van der Waals surface area contributed by atoms with Gasteiger partial charge in [-0.15, -0.1) is 11.8 Å². The molecular weight excluding hydrogens is 1310 g/mol. The number of ether oxygens (including phenoxy) is 12. The Bertz CT molecular complexity index is 2770. The molecule has 15 unspecified atom stereocenters. The first-order chi connectivity index (χ1) is 46.7. The molecule has 556 valence electrons. The van der Waals surface area contributed by atoms with Crippen LogP contribution in [-0.2, 0) is 71.3 Å². The molecule has 6 aliphatic heterocycles. The summed E-state index contributed by atoms with van der Waals surface area (Å²) in [4.78, 5) is 65.0. The van der Waals surface area contributed by atoms with Crippen LogP contribution in [0.3, 0.4) is 0 Å². The molecule has 1 aromatic rings. The van der Waals surface area contributed by atoms with E-state index < -0.39 is 246 Å². The predicted octanol–water partition coefficient (Wildman–Crippen LogP) is -7.93. The third kappa shape index (κ3) is 20.4. The molecule has 0 saturated carbocycles. The van der Waals surface area contributed by atoms with Gasteiger partial charge in [-0.25, -0.2) is 0 Å². The van der Waals surface area contributed by atoms with E-state index >= 15 is 0 Å². The molecule has 6 saturated heterocycles. The second-order valence-corrected chi connectivity index (χ2v) is 24.9. The lowest BCUT2D eigenvalue weighted by molar-refractivity contribution is -0.368. The van der Waals surface area contributed by atoms with Crippen molar-refractivity contribution in [1.82, 2.24) is 26.6 Å². The lowest BCUT2D eigenvalue weighted by Crippen LogP contribution is -2.72. The van der Waals surface area contributed by atoms with Crippen LogP contribution < -0.4 is 31.3 Å². The van der Waals surface area contributed by atoms with E-state index in [4.69, 9.17) is 56.8 Å². The summed E-state index contributed by atoms with van der Waals surface area (Å²) >= 11 is 0. The molecule has 6 aliphatic rings. The minimum Gasteiger partial charge on any atom is -0.494 e. The third-order valence-corrected chi connectivity index (χ3v) is 17.4. The highest BCUT2D eigenvalue weighted by atomic mass is 16.8. The number of amides is 5. The van der Waals surface area contributed by atoms with E-state index in [9.17, 15) is 95.5 Å². The van der Waals surface area contributed by atoms with Gasteiger partial charge in [-0.3, -0.25) is 24.0 Å². The number of carbonyl (C=O) groups excluding carboxylic acids is 5. The molecule has 0 aromatic heterocycles. The second kappa shape index (κ2) is 37.7. The molecule has 6 fully saturated rings. The molecule has 0 aliphatic carbocycles. The topological polar surface area (TPSA) is 539 Å². The highest BCUT2D eigenvalue weighted by Gasteiger charge is 2.58. The Labute approximate surface area is 564 Å². The van der Waals surface area contributed by atoms with Crippen LogP contribution in [0.15, 0.2) is 24.3 Å². The minimum atomic E-state index is -2.08. The van der Waals surface area contributed by atoms with Gasteiger partial charge in [0.1, 0.15) is 146 Å². The second-order valence-electron chi connectivity index (χ2n) is 24.9. The largest absolute Gasteiger partial charge is 0.494 e. The van der Waals surface area contributed by atoms with Gasteiger partial charge in [0.25, 0.3) is 5.91 Å². The lowest BCUT2D eigenvalue weighted by atomic mass is 9.93. The quantitative estimate of drug-likeness (QED) is 0.0262. The molecule has 36 nitrogen and oxygen atoms in total. The number of hydrogen-bond acceptors (Lipinski definition) is 31. The highest BCUT2D eigenvalue weighted by Crippen LogP contribution is 2.37. The van der Waals surface area contributed by atoms with Crippen molar-refractivity contribution in [2.24, 2.45) is 0 Å². The lowest BCUT2D eigenvalue weighted by Gasteiger charge is -2.51. The van der Waals surface area contributed by atoms with Crippen LogP contribution in [-0.4, -0.2) is 325 Å². The number of nitrogens with one attached hydrogen (secondary N) is 5. The summed E-state index contributed by atoms with van der Waals surface area (Å²) in [6.45, 7) is 3.20. The zero-order valence-electron chi connectivity index (χ0n) is 55.0. The van der Waals surface area contributed by atoms with Gasteiger partial charge in [-0.2, -0.15) is 0 Å². The summed E-state index contributed by atoms with van der Waals surface area (Å²) in [5.74, 6) is 2.53. The van der Waals surface area contributed by atoms with E-state index in [0.717, 1.165) is 59.8 Å². The normalized spacial score (nSPS) is 39.6. The fourth-order valence-corrected chi connectivity index (χ4v) is 12.3. The van der Waals surface area contributed by atoms with Gasteiger partial charge in [0.2, 0.25) is 23.6 Å². The zero-order chi connectivity index (χ0) is 71.8. The number of aliphatic hydroxyl groups excluding tert-OH is 14. The third-order valence-electron chi connectivity index (χ3n) is 17.4. The average Bonchev–Trinajstić information content (AvgIpc) is 0.772. The van der Waals surface area contributed by atoms with Crippen molar-refractivity contribution in [3.8, 4) is 17.6 Å². The molecule has 5 amide bonds. The van der Waals surface area contributed by atoms with E-state index in [-0.39, 0.29) is 12.2 Å². The standard InChI is InChI=1S/C62H97N5O31/c1-7-8-9-10-11-12-13-14-15-19-87-32-18-16-17-31(20-32)56(85)67-39-45(78)44(77)33(21-68)91-58(39)95-52-34(22-69)92-59(40(47(52)80)64-28(4)73)96-53-35(23-70)93-60(41(48(53)81)65-29(5)74)97-54-36(24-71)94-61(42(49(54)82)66-30(6)75)98-55-37(90-57(86)38(46(55)79)63-27(3)72)25-88-62-51(84)50(83)43(76)26(2)89-62/h16-18,20,26,33-55,57-62,68-71,76-84,86H,7-11,14-15,19,21-25H2,1-6H3,(H,63,72)(H,64,73)(H,65,74)(H,66,75)(H,67,85)/t26?,33?,34-,35?,36-,37?,38-,39-,40?,41-,42?,43?,44+,45+,46+,47?,48+,49?,50-,51+,52+,53?,54+,55?,57?,58?,59?,60-,61?,62+/m0/s1. The Morgan fingerprint density at radius 2 is 0.878 bits per heavy atom. The smallest absolute Gasteiger partial charge is 0.251 e. The van der Waals surface area contributed by atoms with Gasteiger partial charge in [0.05, 0.1) is 45.7 Å². The van der Waals surface area contributed by atoms with E-state index in [1.807, 2.05) is 0 Å². The summed E-state index contributed by atoms with van der Waals surface area (Å²) in [5.41, 5.74) is 0.0314. The van der Waals surface area contributed by atoms with Crippen LogP contribution in [0.5, 0.6) is 5.75 Å². The van der Waals surface area contributed by atoms with Crippen LogP contribution in [0.4, 0.5) is 0 Å². The predicted molar refractivity (Wildman–Crippen MR) is 327 cm³/mol. The van der Waals surface area contributed by atoms with Crippen LogP contribution >= 0.6 is 0 Å². The number of aliphatic hydroxyl groups is 14. The number of benzene rings is 1. The summed E-state index contributed by atoms with van der Waals surface area (Å²) in [6.07, 6.45) is -38.5. The van der Waals surface area contributed by atoms with Crippen molar-refractivity contribution in [2.45, 2.75) is 270 Å². The van der Waals surface area contributed by atoms with Crippen molar-refractivity contribution in [1.29, 1.82) is 0 Å². The molecule has 30 atom stereocenters. The summed E-state index contributed by atoms with van der Waals surface area (Å²) in [6, 6.07) is -2.60. The Hall–Kier alpha value is -5.07. The van der Waals surface area contributed by atoms with Gasteiger partial charge < -0.3 is 155 Å². The van der Waals surface area contributed by atoms with Crippen LogP contribution in [0.25, 0.3) is 0 Å². The summed E-state index contributed by atoms with van der Waals surface area (Å²) in [5, 5.41) is 168. The van der Waals surface area contributed by atoms with Crippen molar-refractivity contribution in [3.63, 3.8) is 0 Å². The molecule has 7 rings (SSSR count). The van der Waals surface area contributed by atoms with Gasteiger partial charge >= 0.3 is 0 Å². The van der Waals surface area contributed by atoms with E-state index in [0.29, 0.717) is 18.6 Å². The fraction of sp³-hybridized carbons (Fsp3) is 0.790. The Balaban J connectivity index is 1.07. The summed E-state index contributed by atoms with van der Waals surface area (Å²) < 4.78 is 71.9. The van der Waals surface area contributed by atoms with E-state index in [2.05, 4.69) is 45.3 Å². The van der Waals surface area contributed by atoms with Crippen LogP contribution in [0.1, 0.15) is 96.8 Å². The van der Waals surface area contributed by atoms with Gasteiger partial charge in [0, 0.05) is 46.1 Å². The first kappa shape index (κ1) is 80.2. The zero-order valence-corrected chi connectivity index (χ0v) is 55.0. The van der Waals surface area contributed by atoms with Crippen molar-refractivity contribution in [2.75, 3.05) is 39.6 Å². The molecule has 19 N–H and O–H groups in total. The van der Waals surface area contributed by atoms with Crippen LogP contribution in [0, 0.1) is 11.8 Å². The first-order valence-corrected chi connectivity index (χ1v) is 32.6. The number of carbonyl (C=O) groups is 5. The average molecular weight is 1410 g/mol. The maximum Gasteiger partial charge on any atom is 0.251 e. The Morgan fingerprint density at radius 3 is 1.34 bits per heavy atom. The molecular formula is C62H97N5O31. The highest BCUT2D eigenvalue weighted by molar-refractivity contribution is 5.94. The van der Waals surface area contributed by atoms with E-state index in [1.165, 1.54) is 19.1 Å². The molecule has 36 heteroatoms. The van der Waals surface area contributed by atoms with Gasteiger partial charge in [-0.05, 0) is 38.0 Å². The summed E-state index contributed by atoms with van der Waals surface area (Å²) in [7, 11) is 0. The van der Waals surface area contributed by atoms with Crippen molar-refractivity contribution in [3.05, 3.63) is 29.8 Å². The SMILES string of the molecule is CCCCCCC#CCCCOc1cccc(C(=O)N[C@@H]2C(O[C@H]3C(O)C(NC(C)=O)C(OC4C(CO)O[C@@H](O[C@H]5C(O)C(NC(C)=O)C(OC6C(CO[C@@H]7OC(C)C(O)[C@H](O)[C@H]7O)OC(O)[C@@H](NC(C)=O)[C@H]6O)O[C@H]5CO)[C@@H](NC(C)=O)[C@H]4O)O[C@H]3CO)OC(CO)[C@@H](O)[C@@H]2O)c1. The van der Waals surface area contributed by atoms with Gasteiger partial charge in [-0.1, -0.05) is 32.3 Å². The number of hydrogen-bond donors (Lipinski definition) is 19. The molecule has 98 heavy (non-hydrogen) atoms. The maximum atomic E-state index is 13.9. The minimum absolute atomic E-state index is 0.0314. The first-order valence-electron chi connectivity index (χ1n) is 32.6. The fourth-order valence-electron chi connectivity index (χ4n) is 12.3. The monoisotopic (exact) mass is 1410 g/mol. The van der Waals surface area contributed by atoms with Crippen molar-refractivity contribution < 1.29 is 152 Å². The number of unbranched alkanes of at least 4 members (excludes halogenated alkanes) is 5. The molecule has 1 aromatic carbocycles. The van der Waals surface area contributed by atoms with Crippen LogP contribution in [0.2, 0.25) is 0 Å². The van der Waals surface area contributed by atoms with E-state index in [1.54, 1.807) is 12.1 Å². The molecule has 0 spiro atoms. The Kier molecular flexibility index (Phi) is 30.9. The van der Waals surface area contributed by atoms with Gasteiger partial charge in [0.15, 0.2) is 37.7 Å². The molecule has 0 bridgehead atoms. The molecule has 0 radical (unpaired) electrons. The maximum absolute atomic E-state index is 13.9. The number of rotatable bonds is 29. The van der Waals surface area contributed by atoms with Crippen molar-refractivity contribution >= 4 is 29.5 Å². The molecule has 6 heterocycles.